The molecule has 75 heavy (non-hydrogen) atoms. The number of nitrogens with one attached hydrogen (secondary N) is 2. The highest BCUT2D eigenvalue weighted by atomic mass is 32.1. The van der Waals surface area contributed by atoms with Crippen LogP contribution in [0.3, 0.4) is 0 Å². The second-order valence-electron chi connectivity index (χ2n) is 20.9. The highest BCUT2D eigenvalue weighted by Gasteiger charge is 2.44. The Morgan fingerprint density at radius 2 is 1.13 bits per heavy atom. The maximum Gasteiger partial charge on any atom is 0.248 e. The van der Waals surface area contributed by atoms with Gasteiger partial charge in [0.05, 0.1) is 68.8 Å². The highest BCUT2D eigenvalue weighted by Crippen LogP contribution is 2.34. The van der Waals surface area contributed by atoms with Gasteiger partial charge in [-0.25, -0.2) is 9.97 Å². The predicted molar refractivity (Wildman–Crippen MR) is 290 cm³/mol. The molecule has 7 aromatic rings. The molecule has 18 heteroatoms. The van der Waals surface area contributed by atoms with E-state index in [9.17, 15) is 29.4 Å². The van der Waals surface area contributed by atoms with Gasteiger partial charge in [0, 0.05) is 50.3 Å². The zero-order valence-corrected chi connectivity index (χ0v) is 45.3. The molecule has 2 aliphatic heterocycles. The minimum atomic E-state index is -0.835. The molecule has 3 aromatic carbocycles. The van der Waals surface area contributed by atoms with Crippen molar-refractivity contribution in [2.24, 2.45) is 11.8 Å². The van der Waals surface area contributed by atoms with E-state index in [2.05, 4.69) is 32.8 Å². The van der Waals surface area contributed by atoms with Gasteiger partial charge in [-0.2, -0.15) is 10.2 Å². The number of aryl methyl sites for hydroxylation is 2. The molecule has 16 nitrogen and oxygen atoms in total. The first kappa shape index (κ1) is 53.0. The smallest absolute Gasteiger partial charge is 0.248 e. The summed E-state index contributed by atoms with van der Waals surface area (Å²) in [6.07, 6.45) is 6.40. The average molecular weight is 1050 g/mol. The van der Waals surface area contributed by atoms with Gasteiger partial charge >= 0.3 is 0 Å². The molecule has 392 valence electrons. The molecule has 4 amide bonds. The summed E-state index contributed by atoms with van der Waals surface area (Å²) in [5, 5.41) is 36.8. The topological polar surface area (TPSA) is 201 Å². The van der Waals surface area contributed by atoms with Crippen molar-refractivity contribution in [2.75, 3.05) is 13.1 Å². The summed E-state index contributed by atoms with van der Waals surface area (Å²) in [6, 6.07) is 20.6. The lowest BCUT2D eigenvalue weighted by atomic mass is 10.00. The molecular weight excluding hydrogens is 985 g/mol. The molecule has 2 saturated heterocycles. The van der Waals surface area contributed by atoms with Gasteiger partial charge in [0.2, 0.25) is 23.6 Å². The third kappa shape index (κ3) is 11.5. The van der Waals surface area contributed by atoms with Crippen molar-refractivity contribution in [3.05, 3.63) is 142 Å². The third-order valence-electron chi connectivity index (χ3n) is 14.5. The molecule has 0 saturated carbocycles. The Kier molecular flexibility index (Phi) is 15.9. The lowest BCUT2D eigenvalue weighted by Gasteiger charge is -2.30. The molecule has 2 fully saturated rings. The fraction of sp³-hybridized carbons (Fsp3) is 0.404. The molecular formula is C57H66N10O6S2. The van der Waals surface area contributed by atoms with Crippen LogP contribution in [-0.4, -0.2) is 111 Å². The van der Waals surface area contributed by atoms with Crippen LogP contribution in [-0.2, 0) is 25.6 Å². The first-order chi connectivity index (χ1) is 35.9. The number of likely N-dealkylation sites (tertiary alicyclic amines) is 2. The number of rotatable bonds is 17. The van der Waals surface area contributed by atoms with Gasteiger partial charge in [-0.05, 0) is 78.5 Å². The normalized spacial score (nSPS) is 19.4. The lowest BCUT2D eigenvalue weighted by Crippen LogP contribution is -2.49. The van der Waals surface area contributed by atoms with E-state index in [0.717, 1.165) is 65.6 Å². The Morgan fingerprint density at radius 3 is 1.64 bits per heavy atom. The maximum atomic E-state index is 14.5. The number of carbonyl (C=O) groups excluding carboxylic acids is 4. The largest absolute Gasteiger partial charge is 0.391 e. The van der Waals surface area contributed by atoms with Crippen LogP contribution in [0.1, 0.15) is 112 Å². The standard InChI is InChI=1S/C57H66N10O6S2/c1-32(2)50(66-26-34(5)24-60-66)56(72)64-28-45(68)22-48(64)54(70)63-36(7)40-14-18-42(19-15-40)53-47(59-31-75-53)21-38-10-9-11-43(20-38)44-25-61-67(27-44)51(33(3)4)57(73)65-29-46(69)23-49(65)55(71)62-35(6)39-12-16-41(17-13-39)52-37(8)58-30-74-52/h9-20,24-27,30-33,35-36,45-46,48-51,68-69H,21-23,28-29H2,1-8H3,(H,62,71)(H,63,70)/t35-,36-,45+,46+,48-,49-,50-,51-/m0/s1. The van der Waals surface area contributed by atoms with Gasteiger partial charge in [-0.3, -0.25) is 28.5 Å². The molecule has 8 atom stereocenters. The fourth-order valence-corrected chi connectivity index (χ4v) is 12.1. The number of amides is 4. The molecule has 9 rings (SSSR count). The van der Waals surface area contributed by atoms with Gasteiger partial charge in [0.15, 0.2) is 0 Å². The number of nitrogens with zero attached hydrogens (tertiary/aromatic N) is 8. The molecule has 0 unspecified atom stereocenters. The molecule has 0 aliphatic carbocycles. The second kappa shape index (κ2) is 22.5. The number of aromatic nitrogens is 6. The van der Waals surface area contributed by atoms with Crippen molar-refractivity contribution in [1.82, 2.24) is 50.0 Å². The van der Waals surface area contributed by atoms with Crippen molar-refractivity contribution >= 4 is 46.3 Å². The van der Waals surface area contributed by atoms with E-state index in [-0.39, 0.29) is 73.5 Å². The van der Waals surface area contributed by atoms with Crippen molar-refractivity contribution in [3.63, 3.8) is 0 Å². The summed E-state index contributed by atoms with van der Waals surface area (Å²) >= 11 is 3.15. The average Bonchev–Trinajstić information content (AvgIpc) is 4.27. The SMILES string of the molecule is Cc1cnn([C@H](C(=O)N2C[C@H](O)C[C@H]2C(=O)N[C@@H](C)c2ccc(-c3scnc3Cc3cccc(-c4cnn([C@H](C(=O)N5C[C@H](O)C[C@H]5C(=O)N[C@@H](C)c5ccc(-c6scnc6C)cc5)C(C)C)c4)c3)cc2)C(C)C)c1. The van der Waals surface area contributed by atoms with Crippen LogP contribution < -0.4 is 10.6 Å². The van der Waals surface area contributed by atoms with Crippen molar-refractivity contribution in [2.45, 2.75) is 123 Å². The van der Waals surface area contributed by atoms with E-state index < -0.39 is 36.4 Å². The lowest BCUT2D eigenvalue weighted by molar-refractivity contribution is -0.142. The van der Waals surface area contributed by atoms with E-state index in [1.165, 1.54) is 9.80 Å². The molecule has 4 N–H and O–H groups in total. The number of aliphatic hydroxyl groups is 2. The van der Waals surface area contributed by atoms with E-state index >= 15 is 0 Å². The quantitative estimate of drug-likeness (QED) is 0.0688. The van der Waals surface area contributed by atoms with E-state index in [0.29, 0.717) is 6.42 Å². The van der Waals surface area contributed by atoms with E-state index in [1.807, 2.05) is 139 Å². The minimum Gasteiger partial charge on any atom is -0.391 e. The van der Waals surface area contributed by atoms with E-state index in [1.54, 1.807) is 44.4 Å². The Balaban J connectivity index is 0.830. The number of carbonyl (C=O) groups is 4. The second-order valence-corrected chi connectivity index (χ2v) is 22.6. The number of thiazole rings is 2. The molecule has 2 aliphatic rings. The molecule has 6 heterocycles. The summed E-state index contributed by atoms with van der Waals surface area (Å²) in [7, 11) is 0. The van der Waals surface area contributed by atoms with Crippen LogP contribution in [0.2, 0.25) is 0 Å². The maximum absolute atomic E-state index is 14.5. The summed E-state index contributed by atoms with van der Waals surface area (Å²) in [4.78, 5) is 70.4. The Labute approximate surface area is 445 Å². The number of aliphatic hydroxyl groups excluding tert-OH is 2. The van der Waals surface area contributed by atoms with E-state index in [4.69, 9.17) is 10.1 Å². The van der Waals surface area contributed by atoms with Crippen LogP contribution in [0.4, 0.5) is 0 Å². The predicted octanol–water partition coefficient (Wildman–Crippen LogP) is 8.27. The van der Waals surface area contributed by atoms with Crippen molar-refractivity contribution in [1.29, 1.82) is 0 Å². The fourth-order valence-electron chi connectivity index (χ4n) is 10.5. The van der Waals surface area contributed by atoms with Gasteiger partial charge in [-0.15, -0.1) is 22.7 Å². The Hall–Kier alpha value is -6.86. The molecule has 4 aromatic heterocycles. The Morgan fingerprint density at radius 1 is 0.627 bits per heavy atom. The Bertz CT molecular complexity index is 3140. The first-order valence-corrected chi connectivity index (χ1v) is 27.4. The highest BCUT2D eigenvalue weighted by molar-refractivity contribution is 7.13. The number of β-amino-alcohol motifs (C(OH)–C–C–N with tert-alkyl or cyclic N) is 2. The third-order valence-corrected chi connectivity index (χ3v) is 16.4. The molecule has 0 spiro atoms. The van der Waals surface area contributed by atoms with Crippen LogP contribution in [0.5, 0.6) is 0 Å². The van der Waals surface area contributed by atoms with Gasteiger partial charge in [0.1, 0.15) is 24.2 Å². The number of hydrogen-bond donors (Lipinski definition) is 4. The first-order valence-electron chi connectivity index (χ1n) is 25.7. The molecule has 0 bridgehead atoms. The van der Waals surface area contributed by atoms with Crippen LogP contribution >= 0.6 is 22.7 Å². The van der Waals surface area contributed by atoms with Gasteiger partial charge < -0.3 is 30.6 Å². The van der Waals surface area contributed by atoms with Crippen LogP contribution in [0.25, 0.3) is 32.0 Å². The van der Waals surface area contributed by atoms with Crippen LogP contribution in [0, 0.1) is 25.7 Å². The summed E-state index contributed by atoms with van der Waals surface area (Å²) in [6.45, 7) is 15.7. The zero-order valence-electron chi connectivity index (χ0n) is 43.6. The summed E-state index contributed by atoms with van der Waals surface area (Å²) in [5.74, 6) is -1.39. The van der Waals surface area contributed by atoms with Crippen molar-refractivity contribution in [3.8, 4) is 32.0 Å². The van der Waals surface area contributed by atoms with Gasteiger partial charge in [-0.1, -0.05) is 100 Å². The minimum absolute atomic E-state index is 0.0528. The monoisotopic (exact) mass is 1050 g/mol. The molecule has 0 radical (unpaired) electrons. The zero-order chi connectivity index (χ0) is 53.2. The van der Waals surface area contributed by atoms with Gasteiger partial charge in [0.25, 0.3) is 0 Å². The number of hydrogen-bond acceptors (Lipinski definition) is 12. The summed E-state index contributed by atoms with van der Waals surface area (Å²) < 4.78 is 3.33. The number of benzene rings is 3. The summed E-state index contributed by atoms with van der Waals surface area (Å²) in [5.41, 5.74) is 13.2. The van der Waals surface area contributed by atoms with Crippen LogP contribution in [0.15, 0.2) is 109 Å². The van der Waals surface area contributed by atoms with Crippen molar-refractivity contribution < 1.29 is 29.4 Å².